The molecule has 1 amide bonds. The summed E-state index contributed by atoms with van der Waals surface area (Å²) >= 11 is 0. The first-order chi connectivity index (χ1) is 12.5. The third-order valence-electron chi connectivity index (χ3n) is 4.44. The highest BCUT2D eigenvalue weighted by Gasteiger charge is 2.26. The average molecular weight is 384 g/mol. The van der Waals surface area contributed by atoms with Crippen LogP contribution >= 0.6 is 0 Å². The molecule has 0 bridgehead atoms. The Labute approximate surface area is 156 Å². The van der Waals surface area contributed by atoms with Gasteiger partial charge in [0.1, 0.15) is 0 Å². The molecule has 1 heterocycles. The summed E-state index contributed by atoms with van der Waals surface area (Å²) in [5.41, 5.74) is 1.15. The van der Waals surface area contributed by atoms with Gasteiger partial charge in [0.05, 0.1) is 23.7 Å². The summed E-state index contributed by atoms with van der Waals surface area (Å²) < 4.78 is 32.4. The van der Waals surface area contributed by atoms with Crippen LogP contribution in [-0.2, 0) is 14.8 Å². The Morgan fingerprint density at radius 3 is 2.42 bits per heavy atom. The van der Waals surface area contributed by atoms with Crippen LogP contribution in [0.4, 0.5) is 5.69 Å². The summed E-state index contributed by atoms with van der Waals surface area (Å²) in [7, 11) is -3.62. The van der Waals surface area contributed by atoms with Crippen LogP contribution in [0.1, 0.15) is 37.6 Å². The number of nitrogens with one attached hydrogen (secondary N) is 1. The van der Waals surface area contributed by atoms with Gasteiger partial charge >= 0.3 is 0 Å². The molecule has 0 unspecified atom stereocenters. The molecule has 0 aliphatic carbocycles. The highest BCUT2D eigenvalue weighted by Crippen LogP contribution is 2.26. The minimum atomic E-state index is -3.62. The first-order valence-corrected chi connectivity index (χ1v) is 10.6. The molecule has 0 spiro atoms. The van der Waals surface area contributed by atoms with Crippen molar-refractivity contribution in [3.63, 3.8) is 0 Å². The Bertz CT molecular complexity index is 711. The Morgan fingerprint density at radius 2 is 1.85 bits per heavy atom. The second-order valence-corrected chi connectivity index (χ2v) is 8.06. The SMILES string of the molecule is CCCNC(=O)c1cc(S(=O)(=O)N(CC)CC)ccc1N1CCOCC1. The number of rotatable bonds is 8. The predicted molar refractivity (Wildman–Crippen MR) is 102 cm³/mol. The highest BCUT2D eigenvalue weighted by molar-refractivity contribution is 7.89. The number of morpholine rings is 1. The Morgan fingerprint density at radius 1 is 1.19 bits per heavy atom. The Kier molecular flexibility index (Phi) is 7.43. The van der Waals surface area contributed by atoms with E-state index in [0.717, 1.165) is 12.1 Å². The molecule has 146 valence electrons. The number of anilines is 1. The zero-order valence-electron chi connectivity index (χ0n) is 15.8. The van der Waals surface area contributed by atoms with E-state index in [9.17, 15) is 13.2 Å². The van der Waals surface area contributed by atoms with E-state index in [0.29, 0.717) is 51.5 Å². The standard InChI is InChI=1S/C18H29N3O4S/c1-4-9-19-18(22)16-14-15(26(23,24)21(5-2)6-3)7-8-17(16)20-10-12-25-13-11-20/h7-8,14H,4-6,9-13H2,1-3H3,(H,19,22). The fourth-order valence-corrected chi connectivity index (χ4v) is 4.47. The number of amides is 1. The van der Waals surface area contributed by atoms with Crippen LogP contribution in [-0.4, -0.2) is 64.6 Å². The molecule has 26 heavy (non-hydrogen) atoms. The number of carbonyl (C=O) groups is 1. The predicted octanol–water partition coefficient (Wildman–Crippen LogP) is 1.69. The Hall–Kier alpha value is -1.64. The first kappa shape index (κ1) is 20.7. The van der Waals surface area contributed by atoms with Crippen LogP contribution in [0.25, 0.3) is 0 Å². The van der Waals surface area contributed by atoms with E-state index in [-0.39, 0.29) is 10.8 Å². The van der Waals surface area contributed by atoms with Crippen molar-refractivity contribution in [1.29, 1.82) is 0 Å². The summed E-state index contributed by atoms with van der Waals surface area (Å²) in [6, 6.07) is 4.83. The topological polar surface area (TPSA) is 79.0 Å². The molecule has 0 atom stereocenters. The number of carbonyl (C=O) groups excluding carboxylic acids is 1. The van der Waals surface area contributed by atoms with Crippen LogP contribution < -0.4 is 10.2 Å². The van der Waals surface area contributed by atoms with Crippen LogP contribution in [0.5, 0.6) is 0 Å². The van der Waals surface area contributed by atoms with Crippen molar-refractivity contribution in [3.05, 3.63) is 23.8 Å². The van der Waals surface area contributed by atoms with Gasteiger partial charge in [-0.1, -0.05) is 20.8 Å². The number of hydrogen-bond acceptors (Lipinski definition) is 5. The van der Waals surface area contributed by atoms with Crippen molar-refractivity contribution in [2.45, 2.75) is 32.1 Å². The largest absolute Gasteiger partial charge is 0.378 e. The van der Waals surface area contributed by atoms with E-state index in [1.165, 1.54) is 10.4 Å². The van der Waals surface area contributed by atoms with Crippen molar-refractivity contribution in [2.24, 2.45) is 0 Å². The molecule has 1 aromatic rings. The fourth-order valence-electron chi connectivity index (χ4n) is 2.98. The van der Waals surface area contributed by atoms with Gasteiger partial charge in [-0.25, -0.2) is 8.42 Å². The van der Waals surface area contributed by atoms with Gasteiger partial charge in [0.25, 0.3) is 5.91 Å². The molecular formula is C18H29N3O4S. The lowest BCUT2D eigenvalue weighted by Gasteiger charge is -2.30. The van der Waals surface area contributed by atoms with E-state index in [1.807, 2.05) is 6.92 Å². The lowest BCUT2D eigenvalue weighted by molar-refractivity contribution is 0.0952. The normalized spacial score (nSPS) is 15.3. The summed E-state index contributed by atoms with van der Waals surface area (Å²) in [5.74, 6) is -0.245. The number of sulfonamides is 1. The van der Waals surface area contributed by atoms with Gasteiger partial charge in [-0.15, -0.1) is 0 Å². The molecule has 1 N–H and O–H groups in total. The van der Waals surface area contributed by atoms with Crippen molar-refractivity contribution in [1.82, 2.24) is 9.62 Å². The maximum atomic E-state index is 12.8. The van der Waals surface area contributed by atoms with Crippen LogP contribution in [0.2, 0.25) is 0 Å². The Balaban J connectivity index is 2.46. The molecule has 0 radical (unpaired) electrons. The molecule has 1 saturated heterocycles. The minimum absolute atomic E-state index is 0.153. The summed E-state index contributed by atoms with van der Waals surface area (Å²) in [6.45, 7) is 9.45. The maximum Gasteiger partial charge on any atom is 0.253 e. The second kappa shape index (κ2) is 9.34. The molecule has 0 aromatic heterocycles. The van der Waals surface area contributed by atoms with E-state index in [2.05, 4.69) is 10.2 Å². The monoisotopic (exact) mass is 383 g/mol. The zero-order valence-corrected chi connectivity index (χ0v) is 16.6. The number of ether oxygens (including phenoxy) is 1. The second-order valence-electron chi connectivity index (χ2n) is 6.12. The number of hydrogen-bond donors (Lipinski definition) is 1. The lowest BCUT2D eigenvalue weighted by Crippen LogP contribution is -2.38. The van der Waals surface area contributed by atoms with E-state index in [1.54, 1.807) is 26.0 Å². The summed E-state index contributed by atoms with van der Waals surface area (Å²) in [6.07, 6.45) is 0.816. The van der Waals surface area contributed by atoms with Crippen molar-refractivity contribution in [3.8, 4) is 0 Å². The zero-order chi connectivity index (χ0) is 19.2. The summed E-state index contributed by atoms with van der Waals surface area (Å²) in [4.78, 5) is 14.9. The van der Waals surface area contributed by atoms with Gasteiger partial charge in [0.2, 0.25) is 10.0 Å². The molecule has 1 aromatic carbocycles. The van der Waals surface area contributed by atoms with Crippen molar-refractivity contribution >= 4 is 21.6 Å². The molecule has 0 saturated carbocycles. The van der Waals surface area contributed by atoms with Gasteiger partial charge < -0.3 is 15.0 Å². The van der Waals surface area contributed by atoms with E-state index >= 15 is 0 Å². The maximum absolute atomic E-state index is 12.8. The van der Waals surface area contributed by atoms with E-state index in [4.69, 9.17) is 4.74 Å². The molecular weight excluding hydrogens is 354 g/mol. The minimum Gasteiger partial charge on any atom is -0.378 e. The number of benzene rings is 1. The fraction of sp³-hybridized carbons (Fsp3) is 0.611. The molecule has 1 aliphatic heterocycles. The third-order valence-corrected chi connectivity index (χ3v) is 6.49. The third kappa shape index (κ3) is 4.55. The van der Waals surface area contributed by atoms with Crippen LogP contribution in [0.3, 0.4) is 0 Å². The molecule has 1 aliphatic rings. The van der Waals surface area contributed by atoms with Crippen molar-refractivity contribution in [2.75, 3.05) is 50.8 Å². The molecule has 7 nitrogen and oxygen atoms in total. The highest BCUT2D eigenvalue weighted by atomic mass is 32.2. The van der Waals surface area contributed by atoms with Gasteiger partial charge in [-0.05, 0) is 24.6 Å². The van der Waals surface area contributed by atoms with Crippen LogP contribution in [0, 0.1) is 0 Å². The molecule has 8 heteroatoms. The van der Waals surface area contributed by atoms with Crippen molar-refractivity contribution < 1.29 is 17.9 Å². The lowest BCUT2D eigenvalue weighted by atomic mass is 10.1. The van der Waals surface area contributed by atoms with E-state index < -0.39 is 10.0 Å². The smallest absolute Gasteiger partial charge is 0.253 e. The first-order valence-electron chi connectivity index (χ1n) is 9.20. The van der Waals surface area contributed by atoms with Gasteiger partial charge in [0, 0.05) is 38.4 Å². The van der Waals surface area contributed by atoms with Gasteiger partial charge in [-0.3, -0.25) is 4.79 Å². The average Bonchev–Trinajstić information content (AvgIpc) is 2.67. The quantitative estimate of drug-likeness (QED) is 0.739. The molecule has 2 rings (SSSR count). The van der Waals surface area contributed by atoms with Crippen LogP contribution in [0.15, 0.2) is 23.1 Å². The van der Waals surface area contributed by atoms with Gasteiger partial charge in [0.15, 0.2) is 0 Å². The molecule has 1 fully saturated rings. The summed E-state index contributed by atoms with van der Waals surface area (Å²) in [5, 5.41) is 2.86. The van der Waals surface area contributed by atoms with Gasteiger partial charge in [-0.2, -0.15) is 4.31 Å². The number of nitrogens with zero attached hydrogens (tertiary/aromatic N) is 2.